The summed E-state index contributed by atoms with van der Waals surface area (Å²) >= 11 is 0. The molecule has 1 aromatic rings. The van der Waals surface area contributed by atoms with Crippen molar-refractivity contribution in [3.05, 3.63) is 35.9 Å². The maximum atomic E-state index is 2.35. The molecule has 0 nitrogen and oxygen atoms in total. The van der Waals surface area contributed by atoms with E-state index in [9.17, 15) is 0 Å². The van der Waals surface area contributed by atoms with E-state index in [0.29, 0.717) is 0 Å². The zero-order chi connectivity index (χ0) is 14.7. The van der Waals surface area contributed by atoms with Gasteiger partial charge in [0.2, 0.25) is 0 Å². The number of rotatable bonds is 11. The Kier molecular flexibility index (Phi) is 8.92. The Labute approximate surface area is 128 Å². The molecule has 114 valence electrons. The van der Waals surface area contributed by atoms with Gasteiger partial charge in [-0.2, -0.15) is 0 Å². The molecule has 20 heavy (non-hydrogen) atoms. The van der Waals surface area contributed by atoms with Crippen molar-refractivity contribution in [2.45, 2.75) is 83.5 Å². The van der Waals surface area contributed by atoms with Crippen molar-refractivity contribution in [2.24, 2.45) is 0 Å². The molecule has 0 aromatic heterocycles. The summed E-state index contributed by atoms with van der Waals surface area (Å²) in [5.74, 6) is 0. The van der Waals surface area contributed by atoms with Gasteiger partial charge in [-0.25, -0.2) is 0 Å². The van der Waals surface area contributed by atoms with Crippen molar-refractivity contribution in [1.29, 1.82) is 0 Å². The van der Waals surface area contributed by atoms with Crippen molar-refractivity contribution in [2.75, 3.05) is 0 Å². The van der Waals surface area contributed by atoms with Crippen LogP contribution < -0.4 is 0 Å². The van der Waals surface area contributed by atoms with E-state index in [1.165, 1.54) is 44.6 Å². The van der Waals surface area contributed by atoms with Crippen LogP contribution in [0.4, 0.5) is 0 Å². The van der Waals surface area contributed by atoms with Gasteiger partial charge in [0.1, 0.15) is 0 Å². The van der Waals surface area contributed by atoms with Crippen molar-refractivity contribution < 1.29 is 0 Å². The highest BCUT2D eigenvalue weighted by molar-refractivity contribution is 6.79. The first kappa shape index (κ1) is 17.5. The number of unbranched alkanes of at least 4 members (excludes halogenated alkanes) is 3. The summed E-state index contributed by atoms with van der Waals surface area (Å²) in [6.07, 6.45) is 8.44. The average molecular weight is 291 g/mol. The third kappa shape index (κ3) is 6.26. The lowest BCUT2D eigenvalue weighted by molar-refractivity contribution is 0.784. The second kappa shape index (κ2) is 10.2. The van der Waals surface area contributed by atoms with Crippen molar-refractivity contribution in [1.82, 2.24) is 0 Å². The third-order valence-corrected chi connectivity index (χ3v) is 10.0. The summed E-state index contributed by atoms with van der Waals surface area (Å²) < 4.78 is 0. The summed E-state index contributed by atoms with van der Waals surface area (Å²) in [5.41, 5.74) is 1.60. The van der Waals surface area contributed by atoms with E-state index < -0.39 is 8.07 Å². The van der Waals surface area contributed by atoms with Crippen LogP contribution in [0.5, 0.6) is 0 Å². The van der Waals surface area contributed by atoms with Crippen LogP contribution in [-0.2, 0) is 6.04 Å². The van der Waals surface area contributed by atoms with E-state index in [-0.39, 0.29) is 0 Å². The standard InChI is InChI=1S/C19H34Si/c1-4-7-15-20(16-8-5-2,17-9-6-3)18-19-13-11-10-12-14-19/h10-14H,4-9,15-18H2,1-3H3. The van der Waals surface area contributed by atoms with Gasteiger partial charge in [0.15, 0.2) is 0 Å². The molecular formula is C19H34Si. The van der Waals surface area contributed by atoms with Crippen LogP contribution in [0.15, 0.2) is 30.3 Å². The Morgan fingerprint density at radius 1 is 0.700 bits per heavy atom. The monoisotopic (exact) mass is 290 g/mol. The third-order valence-electron chi connectivity index (χ3n) is 4.60. The normalized spacial score (nSPS) is 11.8. The van der Waals surface area contributed by atoms with E-state index >= 15 is 0 Å². The first-order chi connectivity index (χ1) is 9.76. The lowest BCUT2D eigenvalue weighted by Crippen LogP contribution is -2.37. The van der Waals surface area contributed by atoms with E-state index in [1.54, 1.807) is 23.7 Å². The molecule has 0 atom stereocenters. The van der Waals surface area contributed by atoms with Gasteiger partial charge in [0.25, 0.3) is 0 Å². The SMILES string of the molecule is CCCC[Si](CCCC)(CCCC)Cc1ccccc1. The summed E-state index contributed by atoms with van der Waals surface area (Å²) in [4.78, 5) is 0. The highest BCUT2D eigenvalue weighted by Gasteiger charge is 2.30. The number of hydrogen-bond donors (Lipinski definition) is 0. The summed E-state index contributed by atoms with van der Waals surface area (Å²) in [6.45, 7) is 7.05. The van der Waals surface area contributed by atoms with Crippen LogP contribution >= 0.6 is 0 Å². The molecule has 0 fully saturated rings. The smallest absolute Gasteiger partial charge is 0.0579 e. The fourth-order valence-electron chi connectivity index (χ4n) is 3.32. The van der Waals surface area contributed by atoms with Crippen molar-refractivity contribution in [3.63, 3.8) is 0 Å². The zero-order valence-electron chi connectivity index (χ0n) is 14.0. The lowest BCUT2D eigenvalue weighted by atomic mass is 10.2. The molecule has 0 amide bonds. The van der Waals surface area contributed by atoms with E-state index in [0.717, 1.165) is 0 Å². The molecule has 0 unspecified atom stereocenters. The van der Waals surface area contributed by atoms with E-state index in [2.05, 4.69) is 51.1 Å². The topological polar surface area (TPSA) is 0 Å². The highest BCUT2D eigenvalue weighted by Crippen LogP contribution is 2.31. The summed E-state index contributed by atoms with van der Waals surface area (Å²) in [6, 6.07) is 17.4. The molecule has 0 aliphatic rings. The van der Waals surface area contributed by atoms with Crippen LogP contribution in [0.2, 0.25) is 18.1 Å². The van der Waals surface area contributed by atoms with Gasteiger partial charge in [-0.1, -0.05) is 113 Å². The lowest BCUT2D eigenvalue weighted by Gasteiger charge is -2.32. The Balaban J connectivity index is 2.81. The molecule has 0 saturated heterocycles. The summed E-state index contributed by atoms with van der Waals surface area (Å²) in [7, 11) is -1.10. The average Bonchev–Trinajstić information content (AvgIpc) is 2.49. The molecule has 1 heteroatoms. The Bertz CT molecular complexity index is 309. The molecule has 0 bridgehead atoms. The molecule has 0 N–H and O–H groups in total. The van der Waals surface area contributed by atoms with Gasteiger partial charge < -0.3 is 0 Å². The van der Waals surface area contributed by atoms with E-state index in [4.69, 9.17) is 0 Å². The Hall–Kier alpha value is -0.563. The number of benzene rings is 1. The predicted molar refractivity (Wildman–Crippen MR) is 95.0 cm³/mol. The van der Waals surface area contributed by atoms with Crippen LogP contribution in [-0.4, -0.2) is 8.07 Å². The molecule has 0 radical (unpaired) electrons. The predicted octanol–water partition coefficient (Wildman–Crippen LogP) is 6.62. The summed E-state index contributed by atoms with van der Waals surface area (Å²) in [5, 5.41) is 0. The molecule has 1 aromatic carbocycles. The van der Waals surface area contributed by atoms with Crippen LogP contribution in [0.1, 0.15) is 64.9 Å². The molecule has 1 rings (SSSR count). The van der Waals surface area contributed by atoms with Crippen LogP contribution in [0, 0.1) is 0 Å². The van der Waals surface area contributed by atoms with Gasteiger partial charge in [-0.3, -0.25) is 0 Å². The minimum Gasteiger partial charge on any atom is -0.0654 e. The van der Waals surface area contributed by atoms with Gasteiger partial charge in [-0.15, -0.1) is 0 Å². The zero-order valence-corrected chi connectivity index (χ0v) is 15.0. The quantitative estimate of drug-likeness (QED) is 0.402. The van der Waals surface area contributed by atoms with Crippen LogP contribution in [0.3, 0.4) is 0 Å². The minimum atomic E-state index is -1.10. The van der Waals surface area contributed by atoms with Gasteiger partial charge in [0, 0.05) is 0 Å². The molecule has 0 saturated carbocycles. The first-order valence-electron chi connectivity index (χ1n) is 8.80. The second-order valence-corrected chi connectivity index (χ2v) is 11.3. The fraction of sp³-hybridized carbons (Fsp3) is 0.684. The first-order valence-corrected chi connectivity index (χ1v) is 11.6. The Morgan fingerprint density at radius 2 is 1.15 bits per heavy atom. The number of hydrogen-bond acceptors (Lipinski definition) is 0. The van der Waals surface area contributed by atoms with Gasteiger partial charge in [0.05, 0.1) is 8.07 Å². The maximum Gasteiger partial charge on any atom is 0.0579 e. The molecular weight excluding hydrogens is 256 g/mol. The molecule has 0 spiro atoms. The van der Waals surface area contributed by atoms with Gasteiger partial charge in [-0.05, 0) is 6.04 Å². The minimum absolute atomic E-state index is 1.10. The second-order valence-electron chi connectivity index (χ2n) is 6.47. The van der Waals surface area contributed by atoms with E-state index in [1.807, 2.05) is 0 Å². The maximum absolute atomic E-state index is 2.35. The molecule has 0 aliphatic carbocycles. The highest BCUT2D eigenvalue weighted by atomic mass is 28.3. The largest absolute Gasteiger partial charge is 0.0654 e. The fourth-order valence-corrected chi connectivity index (χ4v) is 9.02. The Morgan fingerprint density at radius 3 is 1.55 bits per heavy atom. The molecule has 0 aliphatic heterocycles. The van der Waals surface area contributed by atoms with Crippen molar-refractivity contribution in [3.8, 4) is 0 Å². The molecule has 0 heterocycles. The van der Waals surface area contributed by atoms with Gasteiger partial charge >= 0.3 is 0 Å². The van der Waals surface area contributed by atoms with Crippen molar-refractivity contribution >= 4 is 8.07 Å². The van der Waals surface area contributed by atoms with Crippen LogP contribution in [0.25, 0.3) is 0 Å².